The molecule has 158 valence electrons. The van der Waals surface area contributed by atoms with Crippen molar-refractivity contribution in [3.8, 4) is 0 Å². The molecule has 0 unspecified atom stereocenters. The van der Waals surface area contributed by atoms with Crippen LogP contribution in [0.1, 0.15) is 42.5 Å². The van der Waals surface area contributed by atoms with Gasteiger partial charge in [-0.1, -0.05) is 37.5 Å². The lowest BCUT2D eigenvalue weighted by molar-refractivity contribution is 0.296. The highest BCUT2D eigenvalue weighted by molar-refractivity contribution is 7.89. The highest BCUT2D eigenvalue weighted by atomic mass is 32.2. The number of sulfonamides is 1. The van der Waals surface area contributed by atoms with Crippen LogP contribution in [-0.2, 0) is 22.0 Å². The third-order valence-corrected chi connectivity index (χ3v) is 8.18. The number of hydrogen-bond acceptors (Lipinski definition) is 4. The molecular formula is C21H30N4O2S2. The van der Waals surface area contributed by atoms with E-state index in [1.54, 1.807) is 19.2 Å². The molecule has 1 saturated carbocycles. The first-order chi connectivity index (χ1) is 14.0. The van der Waals surface area contributed by atoms with Crippen molar-refractivity contribution in [3.05, 3.63) is 52.2 Å². The zero-order valence-electron chi connectivity index (χ0n) is 17.1. The van der Waals surface area contributed by atoms with Crippen LogP contribution < -0.4 is 15.4 Å². The van der Waals surface area contributed by atoms with Gasteiger partial charge >= 0.3 is 0 Å². The number of hydrogen-bond donors (Lipinski definition) is 3. The predicted octanol–water partition coefficient (Wildman–Crippen LogP) is 3.22. The van der Waals surface area contributed by atoms with Crippen molar-refractivity contribution >= 4 is 27.3 Å². The SMILES string of the molecule is CN=C(NCc1ccc(S(=O)(=O)NC)cc1)NCC1(c2cccs2)CCCCC1. The van der Waals surface area contributed by atoms with Crippen LogP contribution in [0.15, 0.2) is 51.7 Å². The summed E-state index contributed by atoms with van der Waals surface area (Å²) < 4.78 is 26.0. The monoisotopic (exact) mass is 434 g/mol. The summed E-state index contributed by atoms with van der Waals surface area (Å²) in [7, 11) is -0.219. The maximum atomic E-state index is 11.8. The van der Waals surface area contributed by atoms with Gasteiger partial charge in [0.1, 0.15) is 0 Å². The van der Waals surface area contributed by atoms with Crippen molar-refractivity contribution < 1.29 is 8.42 Å². The molecule has 0 bridgehead atoms. The molecule has 6 nitrogen and oxygen atoms in total. The number of thiophene rings is 1. The van der Waals surface area contributed by atoms with Gasteiger partial charge in [0.2, 0.25) is 10.0 Å². The molecule has 0 saturated heterocycles. The summed E-state index contributed by atoms with van der Waals surface area (Å²) in [6.45, 7) is 1.44. The summed E-state index contributed by atoms with van der Waals surface area (Å²) >= 11 is 1.85. The fourth-order valence-electron chi connectivity index (χ4n) is 3.88. The van der Waals surface area contributed by atoms with Gasteiger partial charge in [0.15, 0.2) is 5.96 Å². The average Bonchev–Trinajstić information content (AvgIpc) is 3.30. The lowest BCUT2D eigenvalue weighted by Gasteiger charge is -2.37. The topological polar surface area (TPSA) is 82.6 Å². The van der Waals surface area contributed by atoms with E-state index in [0.29, 0.717) is 6.54 Å². The Hall–Kier alpha value is -1.90. The fourth-order valence-corrected chi connectivity index (χ4v) is 5.60. The van der Waals surface area contributed by atoms with E-state index in [1.807, 2.05) is 23.5 Å². The lowest BCUT2D eigenvalue weighted by Crippen LogP contribution is -2.46. The van der Waals surface area contributed by atoms with E-state index in [4.69, 9.17) is 0 Å². The molecule has 2 aromatic rings. The smallest absolute Gasteiger partial charge is 0.240 e. The number of guanidine groups is 1. The first-order valence-corrected chi connectivity index (χ1v) is 12.4. The van der Waals surface area contributed by atoms with Gasteiger partial charge in [0, 0.05) is 30.4 Å². The number of aliphatic imine (C=N–C) groups is 1. The molecule has 1 aliphatic carbocycles. The summed E-state index contributed by atoms with van der Waals surface area (Å²) in [5, 5.41) is 9.02. The minimum absolute atomic E-state index is 0.188. The average molecular weight is 435 g/mol. The molecule has 1 aromatic heterocycles. The molecule has 3 N–H and O–H groups in total. The minimum Gasteiger partial charge on any atom is -0.355 e. The molecular weight excluding hydrogens is 404 g/mol. The van der Waals surface area contributed by atoms with Crippen molar-refractivity contribution in [2.75, 3.05) is 20.6 Å². The fraction of sp³-hybridized carbons (Fsp3) is 0.476. The highest BCUT2D eigenvalue weighted by Gasteiger charge is 2.34. The largest absolute Gasteiger partial charge is 0.355 e. The molecule has 0 amide bonds. The molecule has 1 heterocycles. The van der Waals surface area contributed by atoms with E-state index >= 15 is 0 Å². The molecule has 0 spiro atoms. The maximum Gasteiger partial charge on any atom is 0.240 e. The van der Waals surface area contributed by atoms with Crippen LogP contribution in [-0.4, -0.2) is 35.0 Å². The van der Waals surface area contributed by atoms with Crippen LogP contribution in [0.4, 0.5) is 0 Å². The Kier molecular flexibility index (Phi) is 7.32. The zero-order valence-corrected chi connectivity index (χ0v) is 18.7. The van der Waals surface area contributed by atoms with Crippen molar-refractivity contribution in [2.24, 2.45) is 4.99 Å². The molecule has 1 aliphatic rings. The zero-order chi connectivity index (χ0) is 20.7. The van der Waals surface area contributed by atoms with Crippen molar-refractivity contribution in [3.63, 3.8) is 0 Å². The van der Waals surface area contributed by atoms with Gasteiger partial charge in [0.25, 0.3) is 0 Å². The van der Waals surface area contributed by atoms with Crippen molar-refractivity contribution in [1.29, 1.82) is 0 Å². The van der Waals surface area contributed by atoms with Crippen molar-refractivity contribution in [2.45, 2.75) is 49.0 Å². The second-order valence-electron chi connectivity index (χ2n) is 7.45. The maximum absolute atomic E-state index is 11.8. The summed E-state index contributed by atoms with van der Waals surface area (Å²) in [5.74, 6) is 0.762. The first kappa shape index (κ1) is 21.8. The normalized spacial score (nSPS) is 17.1. The number of rotatable bonds is 7. The van der Waals surface area contributed by atoms with Gasteiger partial charge in [-0.05, 0) is 49.0 Å². The van der Waals surface area contributed by atoms with Crippen LogP contribution in [0.25, 0.3) is 0 Å². The molecule has 1 fully saturated rings. The molecule has 8 heteroatoms. The van der Waals surface area contributed by atoms with Gasteiger partial charge in [-0.3, -0.25) is 4.99 Å². The van der Waals surface area contributed by atoms with Gasteiger partial charge in [-0.25, -0.2) is 13.1 Å². The Morgan fingerprint density at radius 2 is 1.83 bits per heavy atom. The van der Waals surface area contributed by atoms with Crippen LogP contribution in [0, 0.1) is 0 Å². The Balaban J connectivity index is 1.59. The van der Waals surface area contributed by atoms with Crippen LogP contribution >= 0.6 is 11.3 Å². The molecule has 0 atom stereocenters. The summed E-state index contributed by atoms with van der Waals surface area (Å²) in [6.07, 6.45) is 6.28. The Morgan fingerprint density at radius 3 is 2.41 bits per heavy atom. The molecule has 0 radical (unpaired) electrons. The second-order valence-corrected chi connectivity index (χ2v) is 10.3. The quantitative estimate of drug-likeness (QED) is 0.462. The molecule has 1 aromatic carbocycles. The summed E-state index contributed by atoms with van der Waals surface area (Å²) in [5.41, 5.74) is 1.18. The van der Waals surface area contributed by atoms with Gasteiger partial charge in [0.05, 0.1) is 4.90 Å². The lowest BCUT2D eigenvalue weighted by atomic mass is 9.73. The minimum atomic E-state index is -3.41. The van der Waals surface area contributed by atoms with Gasteiger partial charge in [-0.2, -0.15) is 0 Å². The molecule has 3 rings (SSSR count). The van der Waals surface area contributed by atoms with Gasteiger partial charge in [-0.15, -0.1) is 11.3 Å². The third kappa shape index (κ3) is 5.38. The first-order valence-electron chi connectivity index (χ1n) is 10.0. The van der Waals surface area contributed by atoms with E-state index in [2.05, 4.69) is 37.9 Å². The van der Waals surface area contributed by atoms with Crippen LogP contribution in [0.2, 0.25) is 0 Å². The van der Waals surface area contributed by atoms with E-state index in [-0.39, 0.29) is 10.3 Å². The summed E-state index contributed by atoms with van der Waals surface area (Å²) in [6, 6.07) is 11.3. The number of nitrogens with one attached hydrogen (secondary N) is 3. The third-order valence-electron chi connectivity index (χ3n) is 5.63. The molecule has 29 heavy (non-hydrogen) atoms. The Morgan fingerprint density at radius 1 is 1.10 bits per heavy atom. The Bertz CT molecular complexity index is 901. The van der Waals surface area contributed by atoms with E-state index in [1.165, 1.54) is 44.0 Å². The van der Waals surface area contributed by atoms with Crippen LogP contribution in [0.3, 0.4) is 0 Å². The molecule has 0 aliphatic heterocycles. The Labute approximate surface area is 177 Å². The van der Waals surface area contributed by atoms with E-state index in [9.17, 15) is 8.42 Å². The summed E-state index contributed by atoms with van der Waals surface area (Å²) in [4.78, 5) is 6.09. The van der Waals surface area contributed by atoms with Crippen LogP contribution in [0.5, 0.6) is 0 Å². The van der Waals surface area contributed by atoms with E-state index < -0.39 is 10.0 Å². The van der Waals surface area contributed by atoms with Crippen molar-refractivity contribution in [1.82, 2.24) is 15.4 Å². The second kappa shape index (κ2) is 9.73. The number of benzene rings is 1. The predicted molar refractivity (Wildman–Crippen MR) is 120 cm³/mol. The highest BCUT2D eigenvalue weighted by Crippen LogP contribution is 2.41. The van der Waals surface area contributed by atoms with Gasteiger partial charge < -0.3 is 10.6 Å². The standard InChI is InChI=1S/C21H30N4O2S2/c1-22-20(24-15-17-8-10-18(11-9-17)29(26,27)23-2)25-16-21(12-4-3-5-13-21)19-7-6-14-28-19/h6-11,14,23H,3-5,12-13,15-16H2,1-2H3,(H2,22,24,25). The van der Waals surface area contributed by atoms with E-state index in [0.717, 1.165) is 18.1 Å². The number of nitrogens with zero attached hydrogens (tertiary/aromatic N) is 1.